The first kappa shape index (κ1) is 11.9. The zero-order valence-electron chi connectivity index (χ0n) is 10.7. The van der Waals surface area contributed by atoms with Gasteiger partial charge < -0.3 is 9.72 Å². The van der Waals surface area contributed by atoms with Gasteiger partial charge in [-0.15, -0.1) is 0 Å². The van der Waals surface area contributed by atoms with Gasteiger partial charge in [0.25, 0.3) is 5.56 Å². The fourth-order valence-corrected chi connectivity index (χ4v) is 2.03. The van der Waals surface area contributed by atoms with Crippen molar-refractivity contribution in [2.24, 2.45) is 0 Å². The molecule has 2 aromatic heterocycles. The van der Waals surface area contributed by atoms with Crippen LogP contribution < -0.4 is 10.3 Å². The summed E-state index contributed by atoms with van der Waals surface area (Å²) in [6.45, 7) is 0. The van der Waals surface area contributed by atoms with Gasteiger partial charge in [0.1, 0.15) is 5.82 Å². The number of ether oxygens (including phenoxy) is 1. The van der Waals surface area contributed by atoms with E-state index in [1.807, 2.05) is 6.07 Å². The number of hydrogen-bond acceptors (Lipinski definition) is 4. The summed E-state index contributed by atoms with van der Waals surface area (Å²) in [5.74, 6) is 1.76. The number of H-pyrrole nitrogens is 1. The Hall–Kier alpha value is -2.17. The van der Waals surface area contributed by atoms with E-state index in [1.54, 1.807) is 25.4 Å². The van der Waals surface area contributed by atoms with Crippen LogP contribution in [0, 0.1) is 0 Å². The van der Waals surface area contributed by atoms with Gasteiger partial charge in [0.05, 0.1) is 12.8 Å². The number of nitrogens with zero attached hydrogens (tertiary/aromatic N) is 2. The second kappa shape index (κ2) is 4.84. The van der Waals surface area contributed by atoms with Gasteiger partial charge in [-0.2, -0.15) is 0 Å². The summed E-state index contributed by atoms with van der Waals surface area (Å²) in [5.41, 5.74) is 1.84. The van der Waals surface area contributed by atoms with E-state index >= 15 is 0 Å². The van der Waals surface area contributed by atoms with Gasteiger partial charge in [-0.3, -0.25) is 4.79 Å². The van der Waals surface area contributed by atoms with Crippen molar-refractivity contribution in [2.75, 3.05) is 7.11 Å². The SMILES string of the molecule is COc1ccc(Cc2nc(C3CC3)cc(=O)[nH]2)cn1. The molecule has 0 unspecified atom stereocenters. The molecular weight excluding hydrogens is 242 g/mol. The molecule has 1 aliphatic rings. The second-order valence-corrected chi connectivity index (χ2v) is 4.78. The molecule has 3 rings (SSSR count). The maximum absolute atomic E-state index is 11.6. The van der Waals surface area contributed by atoms with Gasteiger partial charge in [0.2, 0.25) is 5.88 Å². The Bertz CT molecular complexity index is 630. The quantitative estimate of drug-likeness (QED) is 0.904. The number of methoxy groups -OCH3 is 1. The first-order valence-corrected chi connectivity index (χ1v) is 6.33. The van der Waals surface area contributed by atoms with Crippen LogP contribution in [0.1, 0.15) is 35.8 Å². The highest BCUT2D eigenvalue weighted by Gasteiger charge is 2.25. The van der Waals surface area contributed by atoms with Crippen LogP contribution >= 0.6 is 0 Å². The standard InChI is InChI=1S/C14H15N3O2/c1-19-14-5-2-9(8-15-14)6-12-16-11(10-3-4-10)7-13(18)17-12/h2,5,7-8,10H,3-4,6H2,1H3,(H,16,17,18). The lowest BCUT2D eigenvalue weighted by Gasteiger charge is -2.04. The molecule has 5 nitrogen and oxygen atoms in total. The minimum atomic E-state index is -0.0756. The third-order valence-electron chi connectivity index (χ3n) is 3.18. The zero-order valence-corrected chi connectivity index (χ0v) is 10.7. The molecule has 0 amide bonds. The zero-order chi connectivity index (χ0) is 13.2. The van der Waals surface area contributed by atoms with Crippen LogP contribution in [0.5, 0.6) is 5.88 Å². The molecule has 5 heteroatoms. The topological polar surface area (TPSA) is 67.9 Å². The molecule has 0 radical (unpaired) electrons. The van der Waals surface area contributed by atoms with E-state index in [1.165, 1.54) is 0 Å². The van der Waals surface area contributed by atoms with Gasteiger partial charge in [-0.05, 0) is 18.4 Å². The molecule has 2 heterocycles. The highest BCUT2D eigenvalue weighted by Crippen LogP contribution is 2.38. The Morgan fingerprint density at radius 2 is 2.26 bits per heavy atom. The Morgan fingerprint density at radius 1 is 1.42 bits per heavy atom. The highest BCUT2D eigenvalue weighted by atomic mass is 16.5. The van der Waals surface area contributed by atoms with Crippen molar-refractivity contribution >= 4 is 0 Å². The van der Waals surface area contributed by atoms with Crippen LogP contribution in [-0.2, 0) is 6.42 Å². The lowest BCUT2D eigenvalue weighted by Crippen LogP contribution is -2.12. The molecule has 0 aliphatic heterocycles. The summed E-state index contributed by atoms with van der Waals surface area (Å²) in [5, 5.41) is 0. The van der Waals surface area contributed by atoms with Crippen molar-refractivity contribution in [1.29, 1.82) is 0 Å². The van der Waals surface area contributed by atoms with Crippen molar-refractivity contribution in [3.05, 3.63) is 51.8 Å². The van der Waals surface area contributed by atoms with E-state index in [4.69, 9.17) is 4.74 Å². The lowest BCUT2D eigenvalue weighted by atomic mass is 10.2. The molecule has 1 fully saturated rings. The monoisotopic (exact) mass is 257 g/mol. The molecule has 0 aromatic carbocycles. The van der Waals surface area contributed by atoms with Gasteiger partial charge in [-0.25, -0.2) is 9.97 Å². The number of pyridine rings is 1. The van der Waals surface area contributed by atoms with E-state index in [0.29, 0.717) is 24.0 Å². The lowest BCUT2D eigenvalue weighted by molar-refractivity contribution is 0.397. The van der Waals surface area contributed by atoms with Crippen molar-refractivity contribution < 1.29 is 4.74 Å². The molecule has 98 valence electrons. The first-order valence-electron chi connectivity index (χ1n) is 6.33. The van der Waals surface area contributed by atoms with Crippen LogP contribution in [0.15, 0.2) is 29.2 Å². The Kier molecular flexibility index (Phi) is 3.03. The maximum atomic E-state index is 11.6. The molecule has 1 N–H and O–H groups in total. The van der Waals surface area contributed by atoms with E-state index < -0.39 is 0 Å². The predicted octanol–water partition coefficient (Wildman–Crippen LogP) is 1.64. The molecule has 2 aromatic rings. The van der Waals surface area contributed by atoms with Crippen molar-refractivity contribution in [3.63, 3.8) is 0 Å². The molecule has 0 saturated heterocycles. The normalized spacial score (nSPS) is 14.4. The fourth-order valence-electron chi connectivity index (χ4n) is 2.03. The summed E-state index contributed by atoms with van der Waals surface area (Å²) in [6.07, 6.45) is 4.59. The number of nitrogens with one attached hydrogen (secondary N) is 1. The number of hydrogen-bond donors (Lipinski definition) is 1. The number of aromatic nitrogens is 3. The Balaban J connectivity index is 1.83. The van der Waals surface area contributed by atoms with E-state index in [-0.39, 0.29) is 5.56 Å². The Labute approximate surface area is 110 Å². The van der Waals surface area contributed by atoms with E-state index in [0.717, 1.165) is 24.1 Å². The first-order chi connectivity index (χ1) is 9.24. The van der Waals surface area contributed by atoms with E-state index in [9.17, 15) is 4.79 Å². The molecule has 0 atom stereocenters. The summed E-state index contributed by atoms with van der Waals surface area (Å²) in [7, 11) is 1.58. The number of rotatable bonds is 4. The van der Waals surface area contributed by atoms with E-state index in [2.05, 4.69) is 15.0 Å². The van der Waals surface area contributed by atoms with Crippen LogP contribution in [0.25, 0.3) is 0 Å². The Morgan fingerprint density at radius 3 is 2.89 bits per heavy atom. The third-order valence-corrected chi connectivity index (χ3v) is 3.18. The largest absolute Gasteiger partial charge is 0.481 e. The molecule has 19 heavy (non-hydrogen) atoms. The fraction of sp³-hybridized carbons (Fsp3) is 0.357. The summed E-state index contributed by atoms with van der Waals surface area (Å²) in [4.78, 5) is 23.0. The summed E-state index contributed by atoms with van der Waals surface area (Å²) >= 11 is 0. The van der Waals surface area contributed by atoms with Gasteiger partial charge in [-0.1, -0.05) is 6.07 Å². The van der Waals surface area contributed by atoms with Crippen LogP contribution in [0.3, 0.4) is 0 Å². The minimum absolute atomic E-state index is 0.0756. The predicted molar refractivity (Wildman–Crippen MR) is 70.4 cm³/mol. The van der Waals surface area contributed by atoms with Crippen LogP contribution in [-0.4, -0.2) is 22.1 Å². The molecular formula is C14H15N3O2. The van der Waals surface area contributed by atoms with Gasteiger partial charge in [0.15, 0.2) is 0 Å². The average Bonchev–Trinajstić information content (AvgIpc) is 3.23. The van der Waals surface area contributed by atoms with Crippen LogP contribution in [0.4, 0.5) is 0 Å². The maximum Gasteiger partial charge on any atom is 0.251 e. The van der Waals surface area contributed by atoms with Crippen LogP contribution in [0.2, 0.25) is 0 Å². The van der Waals surface area contributed by atoms with Crippen molar-refractivity contribution in [3.8, 4) is 5.88 Å². The highest BCUT2D eigenvalue weighted by molar-refractivity contribution is 5.22. The van der Waals surface area contributed by atoms with Crippen molar-refractivity contribution in [2.45, 2.75) is 25.2 Å². The molecule has 0 spiro atoms. The van der Waals surface area contributed by atoms with Gasteiger partial charge >= 0.3 is 0 Å². The molecule has 0 bridgehead atoms. The number of aromatic amines is 1. The third kappa shape index (κ3) is 2.81. The summed E-state index contributed by atoms with van der Waals surface area (Å²) < 4.78 is 5.01. The molecule has 1 saturated carbocycles. The molecule has 1 aliphatic carbocycles. The minimum Gasteiger partial charge on any atom is -0.481 e. The second-order valence-electron chi connectivity index (χ2n) is 4.78. The van der Waals surface area contributed by atoms with Crippen molar-refractivity contribution in [1.82, 2.24) is 15.0 Å². The van der Waals surface area contributed by atoms with Gasteiger partial charge in [0, 0.05) is 30.7 Å². The average molecular weight is 257 g/mol. The smallest absolute Gasteiger partial charge is 0.251 e. The summed E-state index contributed by atoms with van der Waals surface area (Å²) in [6, 6.07) is 5.33.